The Kier molecular flexibility index (Phi) is 6.07. The van der Waals surface area contributed by atoms with Crippen molar-refractivity contribution in [3.05, 3.63) is 59.7 Å². The van der Waals surface area contributed by atoms with Crippen molar-refractivity contribution >= 4 is 5.91 Å². The van der Waals surface area contributed by atoms with Gasteiger partial charge in [0.2, 0.25) is 0 Å². The van der Waals surface area contributed by atoms with Gasteiger partial charge in [-0.15, -0.1) is 13.2 Å². The monoisotopic (exact) mass is 364 g/mol. The minimum Gasteiger partial charge on any atom is -0.482 e. The van der Waals surface area contributed by atoms with Crippen LogP contribution in [0.3, 0.4) is 0 Å². The highest BCUT2D eigenvalue weighted by Crippen LogP contribution is 2.23. The Labute approximate surface area is 148 Å². The summed E-state index contributed by atoms with van der Waals surface area (Å²) in [5, 5.41) is 8.97. The number of likely N-dealkylation sites (N-methyl/N-ethyl adjacent to an activating group) is 1. The summed E-state index contributed by atoms with van der Waals surface area (Å²) < 4.78 is 45.5. The number of alkyl halides is 3. The fourth-order valence-corrected chi connectivity index (χ4v) is 2.09. The van der Waals surface area contributed by atoms with E-state index < -0.39 is 6.36 Å². The fourth-order valence-electron chi connectivity index (χ4n) is 2.09. The van der Waals surface area contributed by atoms with E-state index in [1.807, 2.05) is 6.07 Å². The molecule has 2 aromatic carbocycles. The van der Waals surface area contributed by atoms with E-state index in [0.717, 1.165) is 0 Å². The normalized spacial score (nSPS) is 10.7. The van der Waals surface area contributed by atoms with Crippen LogP contribution in [0, 0.1) is 11.3 Å². The van der Waals surface area contributed by atoms with Gasteiger partial charge in [-0.05, 0) is 29.8 Å². The Balaban J connectivity index is 1.89. The van der Waals surface area contributed by atoms with Crippen LogP contribution in [0.15, 0.2) is 48.5 Å². The predicted octanol–water partition coefficient (Wildman–Crippen LogP) is 3.49. The van der Waals surface area contributed by atoms with Crippen LogP contribution in [0.25, 0.3) is 0 Å². The number of carbonyl (C=O) groups is 1. The van der Waals surface area contributed by atoms with Gasteiger partial charge in [0.25, 0.3) is 5.91 Å². The second kappa shape index (κ2) is 8.25. The van der Waals surface area contributed by atoms with Crippen LogP contribution in [0.5, 0.6) is 11.5 Å². The van der Waals surface area contributed by atoms with E-state index in [4.69, 9.17) is 10.00 Å². The van der Waals surface area contributed by atoms with Gasteiger partial charge in [-0.3, -0.25) is 4.79 Å². The summed E-state index contributed by atoms with van der Waals surface area (Å²) >= 11 is 0. The molecule has 0 atom stereocenters. The van der Waals surface area contributed by atoms with Crippen molar-refractivity contribution in [1.29, 1.82) is 5.26 Å². The van der Waals surface area contributed by atoms with Gasteiger partial charge in [-0.1, -0.05) is 24.3 Å². The summed E-state index contributed by atoms with van der Waals surface area (Å²) in [6.45, 7) is -0.0706. The summed E-state index contributed by atoms with van der Waals surface area (Å²) in [6.07, 6.45) is -4.74. The lowest BCUT2D eigenvalue weighted by Crippen LogP contribution is -2.31. The van der Waals surface area contributed by atoms with E-state index in [-0.39, 0.29) is 24.8 Å². The number of hydrogen-bond acceptors (Lipinski definition) is 4. The quantitative estimate of drug-likeness (QED) is 0.787. The van der Waals surface area contributed by atoms with Gasteiger partial charge in [-0.25, -0.2) is 0 Å². The number of hydrogen-bond donors (Lipinski definition) is 0. The summed E-state index contributed by atoms with van der Waals surface area (Å²) in [5.74, 6) is -0.356. The molecule has 8 heteroatoms. The van der Waals surface area contributed by atoms with Gasteiger partial charge in [0.15, 0.2) is 6.61 Å². The van der Waals surface area contributed by atoms with Crippen molar-refractivity contribution in [2.45, 2.75) is 12.9 Å². The Hall–Kier alpha value is -3.21. The second-order valence-corrected chi connectivity index (χ2v) is 5.34. The molecule has 0 N–H and O–H groups in total. The van der Waals surface area contributed by atoms with Gasteiger partial charge in [0, 0.05) is 13.6 Å². The third-order valence-electron chi connectivity index (χ3n) is 3.36. The molecule has 0 saturated carbocycles. The van der Waals surface area contributed by atoms with E-state index in [0.29, 0.717) is 16.9 Å². The number of para-hydroxylation sites is 1. The first kappa shape index (κ1) is 19.1. The SMILES string of the molecule is CN(Cc1ccc(OC(F)(F)F)cc1)C(=O)COc1ccccc1C#N. The molecule has 136 valence electrons. The first-order valence-corrected chi connectivity index (χ1v) is 7.49. The molecular formula is C18H15F3N2O3. The molecule has 0 aliphatic rings. The molecule has 1 amide bonds. The smallest absolute Gasteiger partial charge is 0.482 e. The maximum Gasteiger partial charge on any atom is 0.573 e. The molecule has 0 aliphatic carbocycles. The van der Waals surface area contributed by atoms with Crippen molar-refractivity contribution in [1.82, 2.24) is 4.90 Å². The third kappa shape index (κ3) is 5.70. The molecular weight excluding hydrogens is 349 g/mol. The molecule has 0 aliphatic heterocycles. The first-order valence-electron chi connectivity index (χ1n) is 7.49. The van der Waals surface area contributed by atoms with E-state index >= 15 is 0 Å². The summed E-state index contributed by atoms with van der Waals surface area (Å²) in [6, 6.07) is 13.8. The molecule has 0 aromatic heterocycles. The van der Waals surface area contributed by atoms with Gasteiger partial charge >= 0.3 is 6.36 Å². The van der Waals surface area contributed by atoms with Crippen LogP contribution in [-0.4, -0.2) is 30.8 Å². The highest BCUT2D eigenvalue weighted by molar-refractivity contribution is 5.77. The molecule has 2 aromatic rings. The van der Waals surface area contributed by atoms with Crippen LogP contribution in [-0.2, 0) is 11.3 Å². The molecule has 5 nitrogen and oxygen atoms in total. The van der Waals surface area contributed by atoms with E-state index in [1.54, 1.807) is 31.3 Å². The number of halogens is 3. The number of ether oxygens (including phenoxy) is 2. The Morgan fingerprint density at radius 3 is 2.42 bits per heavy atom. The number of nitriles is 1. The zero-order valence-corrected chi connectivity index (χ0v) is 13.8. The van der Waals surface area contributed by atoms with Crippen molar-refractivity contribution in [3.8, 4) is 17.6 Å². The Morgan fingerprint density at radius 2 is 1.81 bits per heavy atom. The van der Waals surface area contributed by atoms with Crippen LogP contribution in [0.4, 0.5) is 13.2 Å². The molecule has 0 spiro atoms. The molecule has 2 rings (SSSR count). The number of benzene rings is 2. The first-order chi connectivity index (χ1) is 12.3. The van der Waals surface area contributed by atoms with E-state index in [1.165, 1.54) is 29.2 Å². The average molecular weight is 364 g/mol. The molecule has 0 unspecified atom stereocenters. The summed E-state index contributed by atoms with van der Waals surface area (Å²) in [4.78, 5) is 13.5. The van der Waals surface area contributed by atoms with E-state index in [2.05, 4.69) is 4.74 Å². The molecule has 0 bridgehead atoms. The minimum absolute atomic E-state index is 0.189. The maximum absolute atomic E-state index is 12.1. The zero-order valence-electron chi connectivity index (χ0n) is 13.8. The number of amides is 1. The minimum atomic E-state index is -4.74. The van der Waals surface area contributed by atoms with Gasteiger partial charge in [0.05, 0.1) is 5.56 Å². The summed E-state index contributed by atoms with van der Waals surface area (Å²) in [5.41, 5.74) is 0.955. The number of nitrogens with zero attached hydrogens (tertiary/aromatic N) is 2. The van der Waals surface area contributed by atoms with Crippen molar-refractivity contribution in [2.75, 3.05) is 13.7 Å². The lowest BCUT2D eigenvalue weighted by molar-refractivity contribution is -0.274. The van der Waals surface area contributed by atoms with Gasteiger partial charge < -0.3 is 14.4 Å². The molecule has 0 saturated heterocycles. The van der Waals surface area contributed by atoms with Crippen molar-refractivity contribution in [2.24, 2.45) is 0 Å². The standard InChI is InChI=1S/C18H15F3N2O3/c1-23(11-13-6-8-15(9-7-13)26-18(19,20)21)17(24)12-25-16-5-3-2-4-14(16)10-22/h2-9H,11-12H2,1H3. The van der Waals surface area contributed by atoms with Gasteiger partial charge in [0.1, 0.15) is 17.6 Å². The number of carbonyl (C=O) groups excluding carboxylic acids is 1. The number of rotatable bonds is 6. The maximum atomic E-state index is 12.1. The average Bonchev–Trinajstić information content (AvgIpc) is 2.60. The zero-order chi connectivity index (χ0) is 19.2. The van der Waals surface area contributed by atoms with Crippen LogP contribution in [0.1, 0.15) is 11.1 Å². The Morgan fingerprint density at radius 1 is 1.15 bits per heavy atom. The fraction of sp³-hybridized carbons (Fsp3) is 0.222. The van der Waals surface area contributed by atoms with Crippen LogP contribution >= 0.6 is 0 Å². The molecule has 0 heterocycles. The highest BCUT2D eigenvalue weighted by Gasteiger charge is 2.30. The molecule has 26 heavy (non-hydrogen) atoms. The lowest BCUT2D eigenvalue weighted by atomic mass is 10.2. The van der Waals surface area contributed by atoms with Crippen molar-refractivity contribution < 1.29 is 27.4 Å². The van der Waals surface area contributed by atoms with Crippen LogP contribution < -0.4 is 9.47 Å². The molecule has 0 fully saturated rings. The lowest BCUT2D eigenvalue weighted by Gasteiger charge is -2.18. The third-order valence-corrected chi connectivity index (χ3v) is 3.36. The Bertz CT molecular complexity index is 799. The van der Waals surface area contributed by atoms with Crippen LogP contribution in [0.2, 0.25) is 0 Å². The second-order valence-electron chi connectivity index (χ2n) is 5.34. The molecule has 0 radical (unpaired) electrons. The largest absolute Gasteiger partial charge is 0.573 e. The topological polar surface area (TPSA) is 62.6 Å². The van der Waals surface area contributed by atoms with E-state index in [9.17, 15) is 18.0 Å². The van der Waals surface area contributed by atoms with Gasteiger partial charge in [-0.2, -0.15) is 5.26 Å². The summed E-state index contributed by atoms with van der Waals surface area (Å²) in [7, 11) is 1.54. The predicted molar refractivity (Wildman–Crippen MR) is 86.3 cm³/mol. The van der Waals surface area contributed by atoms with Crippen molar-refractivity contribution in [3.63, 3.8) is 0 Å². The highest BCUT2D eigenvalue weighted by atomic mass is 19.4.